The number of hydrogen-bond acceptors (Lipinski definition) is 4. The van der Waals surface area contributed by atoms with Crippen LogP contribution in [0.2, 0.25) is 0 Å². The van der Waals surface area contributed by atoms with E-state index in [0.717, 1.165) is 11.8 Å². The second-order valence-electron chi connectivity index (χ2n) is 5.15. The first-order valence-electron chi connectivity index (χ1n) is 6.51. The lowest BCUT2D eigenvalue weighted by atomic mass is 10.0. The minimum absolute atomic E-state index is 0.173. The lowest BCUT2D eigenvalue weighted by Crippen LogP contribution is -2.62. The monoisotopic (exact) mass is 308 g/mol. The van der Waals surface area contributed by atoms with E-state index in [2.05, 4.69) is 0 Å². The van der Waals surface area contributed by atoms with Crippen LogP contribution in [0.3, 0.4) is 0 Å². The van der Waals surface area contributed by atoms with Crippen LogP contribution in [0, 0.1) is 12.7 Å². The number of rotatable bonds is 2. The molecule has 0 N–H and O–H groups in total. The minimum Gasteiger partial charge on any atom is -0.334 e. The number of imide groups is 1. The van der Waals surface area contributed by atoms with E-state index < -0.39 is 5.82 Å². The molecule has 0 atom stereocenters. The molecule has 2 saturated heterocycles. The Morgan fingerprint density at radius 3 is 2.62 bits per heavy atom. The van der Waals surface area contributed by atoms with E-state index in [4.69, 9.17) is 0 Å². The summed E-state index contributed by atoms with van der Waals surface area (Å²) < 4.78 is 13.5. The highest BCUT2D eigenvalue weighted by Crippen LogP contribution is 2.27. The molecule has 21 heavy (non-hydrogen) atoms. The van der Waals surface area contributed by atoms with Gasteiger partial charge in [-0.3, -0.25) is 19.3 Å². The Morgan fingerprint density at radius 1 is 1.33 bits per heavy atom. The maximum absolute atomic E-state index is 13.5. The van der Waals surface area contributed by atoms with Gasteiger partial charge in [-0.05, 0) is 24.6 Å². The van der Waals surface area contributed by atoms with Crippen molar-refractivity contribution in [2.45, 2.75) is 13.0 Å². The van der Waals surface area contributed by atoms with Crippen LogP contribution in [-0.2, 0) is 4.79 Å². The van der Waals surface area contributed by atoms with Crippen LogP contribution >= 0.6 is 11.8 Å². The first kappa shape index (κ1) is 14.1. The summed E-state index contributed by atoms with van der Waals surface area (Å²) in [4.78, 5) is 38.1. The maximum Gasteiger partial charge on any atom is 0.289 e. The number of nitrogens with zero attached hydrogens (tertiary/aromatic N) is 2. The van der Waals surface area contributed by atoms with Crippen LogP contribution in [0.4, 0.5) is 9.18 Å². The molecule has 1 aromatic rings. The Bertz CT molecular complexity index is 627. The highest BCUT2D eigenvalue weighted by Gasteiger charge is 2.43. The summed E-state index contributed by atoms with van der Waals surface area (Å²) in [6, 6.07) is 4.10. The number of carbonyl (C=O) groups is 3. The third kappa shape index (κ3) is 2.42. The third-order valence-electron chi connectivity index (χ3n) is 3.72. The molecular weight excluding hydrogens is 295 g/mol. The molecule has 0 unspecified atom stereocenters. The van der Waals surface area contributed by atoms with Crippen molar-refractivity contribution in [1.29, 1.82) is 0 Å². The minimum atomic E-state index is -0.417. The summed E-state index contributed by atoms with van der Waals surface area (Å²) >= 11 is 0.985. The van der Waals surface area contributed by atoms with Crippen molar-refractivity contribution >= 4 is 28.8 Å². The quantitative estimate of drug-likeness (QED) is 0.833. The molecule has 0 aromatic heterocycles. The van der Waals surface area contributed by atoms with Crippen LogP contribution in [0.15, 0.2) is 18.2 Å². The average molecular weight is 308 g/mol. The Kier molecular flexibility index (Phi) is 3.44. The van der Waals surface area contributed by atoms with E-state index in [9.17, 15) is 18.8 Å². The Labute approximate surface area is 125 Å². The van der Waals surface area contributed by atoms with Crippen LogP contribution in [0.1, 0.15) is 15.9 Å². The molecule has 110 valence electrons. The van der Waals surface area contributed by atoms with Gasteiger partial charge in [0.1, 0.15) is 5.82 Å². The van der Waals surface area contributed by atoms with Crippen LogP contribution in [-0.4, -0.2) is 51.7 Å². The molecule has 0 radical (unpaired) electrons. The molecule has 2 aliphatic rings. The molecule has 2 heterocycles. The summed E-state index contributed by atoms with van der Waals surface area (Å²) in [7, 11) is 0. The van der Waals surface area contributed by atoms with Gasteiger partial charge in [-0.1, -0.05) is 17.8 Å². The lowest BCUT2D eigenvalue weighted by Gasteiger charge is -2.42. The van der Waals surface area contributed by atoms with Gasteiger partial charge in [-0.15, -0.1) is 0 Å². The van der Waals surface area contributed by atoms with E-state index in [1.54, 1.807) is 19.1 Å². The molecule has 3 rings (SSSR count). The number of benzene rings is 1. The number of hydrogen-bond donors (Lipinski definition) is 0. The molecular formula is C14H13FN2O3S. The largest absolute Gasteiger partial charge is 0.334 e. The van der Waals surface area contributed by atoms with E-state index in [1.807, 2.05) is 0 Å². The van der Waals surface area contributed by atoms with Gasteiger partial charge in [0.25, 0.3) is 11.1 Å². The number of carbonyl (C=O) groups excluding carboxylic acids is 3. The van der Waals surface area contributed by atoms with E-state index in [1.165, 1.54) is 15.9 Å². The zero-order valence-corrected chi connectivity index (χ0v) is 12.2. The molecule has 1 aromatic carbocycles. The third-order valence-corrected chi connectivity index (χ3v) is 4.55. The highest BCUT2D eigenvalue weighted by molar-refractivity contribution is 8.14. The fourth-order valence-corrected chi connectivity index (χ4v) is 3.19. The van der Waals surface area contributed by atoms with E-state index in [0.29, 0.717) is 18.7 Å². The fraction of sp³-hybridized carbons (Fsp3) is 0.357. The Balaban J connectivity index is 1.65. The molecule has 0 spiro atoms. The van der Waals surface area contributed by atoms with Crippen molar-refractivity contribution in [3.63, 3.8) is 0 Å². The van der Waals surface area contributed by atoms with Gasteiger partial charge in [0.05, 0.1) is 11.8 Å². The van der Waals surface area contributed by atoms with Crippen molar-refractivity contribution in [2.24, 2.45) is 0 Å². The van der Waals surface area contributed by atoms with Crippen molar-refractivity contribution in [3.05, 3.63) is 35.1 Å². The highest BCUT2D eigenvalue weighted by atomic mass is 32.2. The summed E-state index contributed by atoms with van der Waals surface area (Å²) in [5.41, 5.74) is 0.767. The summed E-state index contributed by atoms with van der Waals surface area (Å²) in [6.07, 6.45) is 0. The molecule has 0 bridgehead atoms. The first-order chi connectivity index (χ1) is 9.97. The number of aryl methyl sites for hydroxylation is 1. The molecule has 7 heteroatoms. The van der Waals surface area contributed by atoms with Crippen molar-refractivity contribution in [1.82, 2.24) is 9.80 Å². The van der Waals surface area contributed by atoms with Gasteiger partial charge in [0.15, 0.2) is 0 Å². The number of amides is 3. The van der Waals surface area contributed by atoms with Gasteiger partial charge < -0.3 is 4.90 Å². The van der Waals surface area contributed by atoms with Crippen molar-refractivity contribution in [2.75, 3.05) is 18.8 Å². The number of likely N-dealkylation sites (tertiary alicyclic amines) is 1. The summed E-state index contributed by atoms with van der Waals surface area (Å²) in [6.45, 7) is 2.25. The van der Waals surface area contributed by atoms with Gasteiger partial charge in [0.2, 0.25) is 5.91 Å². The van der Waals surface area contributed by atoms with Crippen molar-refractivity contribution < 1.29 is 18.8 Å². The Morgan fingerprint density at radius 2 is 2.05 bits per heavy atom. The van der Waals surface area contributed by atoms with Gasteiger partial charge in [0, 0.05) is 18.7 Å². The number of thioether (sulfide) groups is 1. The van der Waals surface area contributed by atoms with E-state index in [-0.39, 0.29) is 34.4 Å². The molecule has 0 saturated carbocycles. The summed E-state index contributed by atoms with van der Waals surface area (Å²) in [5.74, 6) is -0.730. The van der Waals surface area contributed by atoms with Crippen LogP contribution in [0.5, 0.6) is 0 Å². The molecule has 2 fully saturated rings. The number of halogens is 1. The fourth-order valence-electron chi connectivity index (χ4n) is 2.41. The predicted octanol–water partition coefficient (Wildman–Crippen LogP) is 1.65. The SMILES string of the molecule is Cc1ccc(C(=O)N2CC(N3C(=O)CSC3=O)C2)cc1F. The zero-order chi connectivity index (χ0) is 15.1. The second kappa shape index (κ2) is 5.14. The normalized spacial score (nSPS) is 19.1. The van der Waals surface area contributed by atoms with Gasteiger partial charge in [-0.2, -0.15) is 0 Å². The van der Waals surface area contributed by atoms with Gasteiger partial charge >= 0.3 is 0 Å². The first-order valence-corrected chi connectivity index (χ1v) is 7.50. The molecule has 5 nitrogen and oxygen atoms in total. The standard InChI is InChI=1S/C14H13FN2O3S/c1-8-2-3-9(4-11(8)15)13(19)16-5-10(6-16)17-12(18)7-21-14(17)20/h2-4,10H,5-7H2,1H3. The molecule has 3 amide bonds. The average Bonchev–Trinajstić information content (AvgIpc) is 2.72. The zero-order valence-electron chi connectivity index (χ0n) is 11.3. The van der Waals surface area contributed by atoms with E-state index >= 15 is 0 Å². The van der Waals surface area contributed by atoms with Crippen LogP contribution < -0.4 is 0 Å². The smallest absolute Gasteiger partial charge is 0.289 e. The van der Waals surface area contributed by atoms with Gasteiger partial charge in [-0.25, -0.2) is 4.39 Å². The predicted molar refractivity (Wildman–Crippen MR) is 75.5 cm³/mol. The lowest BCUT2D eigenvalue weighted by molar-refractivity contribution is -0.128. The topological polar surface area (TPSA) is 57.7 Å². The molecule has 0 aliphatic carbocycles. The Hall–Kier alpha value is -1.89. The van der Waals surface area contributed by atoms with Crippen molar-refractivity contribution in [3.8, 4) is 0 Å². The molecule has 2 aliphatic heterocycles. The second-order valence-corrected chi connectivity index (χ2v) is 6.07. The maximum atomic E-state index is 13.5. The van der Waals surface area contributed by atoms with Crippen LogP contribution in [0.25, 0.3) is 0 Å². The summed E-state index contributed by atoms with van der Waals surface area (Å²) in [5, 5.41) is -0.251.